The number of nitro groups is 1. The molecule has 0 unspecified atom stereocenters. The quantitative estimate of drug-likeness (QED) is 0.600. The van der Waals surface area contributed by atoms with Gasteiger partial charge in [-0.2, -0.15) is 0 Å². The lowest BCUT2D eigenvalue weighted by atomic mass is 9.90. The minimum absolute atomic E-state index is 0.191. The van der Waals surface area contributed by atoms with E-state index in [9.17, 15) is 24.8 Å². The Morgan fingerprint density at radius 1 is 1.21 bits per heavy atom. The summed E-state index contributed by atoms with van der Waals surface area (Å²) in [7, 11) is 1.21. The number of nitrogens with one attached hydrogen (secondary N) is 2. The molecule has 144 valence electrons. The Bertz CT molecular complexity index is 1000. The van der Waals surface area contributed by atoms with Crippen molar-refractivity contribution in [2.75, 3.05) is 7.11 Å². The van der Waals surface area contributed by atoms with Crippen molar-refractivity contribution < 1.29 is 24.4 Å². The molecule has 2 N–H and O–H groups in total. The lowest BCUT2D eigenvalue weighted by molar-refractivity contribution is -0.398. The Kier molecular flexibility index (Phi) is 4.99. The summed E-state index contributed by atoms with van der Waals surface area (Å²) in [6.07, 6.45) is 0. The third kappa shape index (κ3) is 3.37. The maximum absolute atomic E-state index is 12.4. The zero-order valence-electron chi connectivity index (χ0n) is 15.0. The first-order chi connectivity index (χ1) is 13.3. The Hall–Kier alpha value is -3.88. The molecule has 2 aromatic rings. The molecule has 1 atom stereocenters. The highest BCUT2D eigenvalue weighted by atomic mass is 16.6. The van der Waals surface area contributed by atoms with Gasteiger partial charge in [0, 0.05) is 17.4 Å². The first-order valence-corrected chi connectivity index (χ1v) is 8.24. The molecule has 0 radical (unpaired) electrons. The van der Waals surface area contributed by atoms with Crippen molar-refractivity contribution in [2.45, 2.75) is 13.0 Å². The summed E-state index contributed by atoms with van der Waals surface area (Å²) < 4.78 is 4.96. The van der Waals surface area contributed by atoms with Crippen LogP contribution in [0, 0.1) is 10.1 Å². The number of nitrogens with zero attached hydrogens (tertiary/aromatic N) is 1. The molecule has 0 fully saturated rings. The van der Waals surface area contributed by atoms with Crippen LogP contribution in [0.1, 0.15) is 24.1 Å². The van der Waals surface area contributed by atoms with Crippen molar-refractivity contribution in [1.29, 1.82) is 0 Å². The number of ketones is 1. The van der Waals surface area contributed by atoms with Crippen LogP contribution in [0.25, 0.3) is 5.70 Å². The van der Waals surface area contributed by atoms with Gasteiger partial charge >= 0.3 is 6.03 Å². The number of rotatable bonds is 5. The number of Topliss-reactive ketones (excluding diaryl/α,β-unsaturated/α-hetero) is 1. The number of benzene rings is 2. The highest BCUT2D eigenvalue weighted by molar-refractivity contribution is 6.07. The molecule has 0 saturated heterocycles. The van der Waals surface area contributed by atoms with Crippen molar-refractivity contribution in [3.8, 4) is 11.5 Å². The minimum atomic E-state index is -0.991. The van der Waals surface area contributed by atoms with Gasteiger partial charge in [-0.25, -0.2) is 4.79 Å². The van der Waals surface area contributed by atoms with Gasteiger partial charge in [0.25, 0.3) is 5.69 Å². The van der Waals surface area contributed by atoms with Crippen LogP contribution in [0.5, 0.6) is 11.5 Å². The number of ether oxygens (including phenoxy) is 1. The number of hydrogen-bond acceptors (Lipinski definition) is 6. The van der Waals surface area contributed by atoms with E-state index in [-0.39, 0.29) is 22.7 Å². The summed E-state index contributed by atoms with van der Waals surface area (Å²) in [4.78, 5) is 35.1. The fourth-order valence-corrected chi connectivity index (χ4v) is 3.09. The normalized spacial score (nSPS) is 16.2. The van der Waals surface area contributed by atoms with Crippen LogP contribution in [-0.4, -0.2) is 23.8 Å². The summed E-state index contributed by atoms with van der Waals surface area (Å²) in [5.74, 6) is -1.47. The number of hydrogen-bond donors (Lipinski definition) is 2. The highest BCUT2D eigenvalue weighted by Crippen LogP contribution is 2.39. The molecule has 3 rings (SSSR count). The molecule has 1 heterocycles. The lowest BCUT2D eigenvalue weighted by Gasteiger charge is -2.30. The zero-order valence-corrected chi connectivity index (χ0v) is 15.0. The van der Waals surface area contributed by atoms with Crippen LogP contribution in [0.4, 0.5) is 10.5 Å². The van der Waals surface area contributed by atoms with Gasteiger partial charge in [0.2, 0.25) is 0 Å². The number of amides is 2. The molecule has 0 aliphatic carbocycles. The van der Waals surface area contributed by atoms with Crippen molar-refractivity contribution in [3.05, 3.63) is 69.3 Å². The smallest absolute Gasteiger partial charge is 0.320 e. The Labute approximate surface area is 159 Å². The van der Waals surface area contributed by atoms with E-state index in [0.29, 0.717) is 11.3 Å². The number of methoxy groups -OCH3 is 1. The van der Waals surface area contributed by atoms with Crippen LogP contribution in [0.2, 0.25) is 0 Å². The fraction of sp³-hybridized carbons (Fsp3) is 0.158. The second-order valence-electron chi connectivity index (χ2n) is 6.07. The molecular weight excluding hydrogens is 366 g/mol. The molecule has 9 heteroatoms. The van der Waals surface area contributed by atoms with Gasteiger partial charge in [0.15, 0.2) is 5.78 Å². The second-order valence-corrected chi connectivity index (χ2v) is 6.07. The third-order valence-corrected chi connectivity index (χ3v) is 4.32. The van der Waals surface area contributed by atoms with Crippen molar-refractivity contribution >= 4 is 23.2 Å². The van der Waals surface area contributed by atoms with Gasteiger partial charge in [-0.1, -0.05) is 30.3 Å². The molecule has 0 spiro atoms. The van der Waals surface area contributed by atoms with Gasteiger partial charge in [-0.3, -0.25) is 14.9 Å². The first-order valence-electron chi connectivity index (χ1n) is 8.24. The summed E-state index contributed by atoms with van der Waals surface area (Å²) in [6, 6.07) is 9.52. The second kappa shape index (κ2) is 7.39. The number of carbonyl (C=O) groups excluding carboxylic acids is 2. The summed E-state index contributed by atoms with van der Waals surface area (Å²) in [5, 5.41) is 28.6. The van der Waals surface area contributed by atoms with Crippen molar-refractivity contribution in [2.24, 2.45) is 0 Å². The van der Waals surface area contributed by atoms with Gasteiger partial charge < -0.3 is 20.5 Å². The van der Waals surface area contributed by atoms with E-state index in [2.05, 4.69) is 10.6 Å². The van der Waals surface area contributed by atoms with E-state index in [1.807, 2.05) is 0 Å². The highest BCUT2D eigenvalue weighted by Gasteiger charge is 2.33. The molecule has 2 aromatic carbocycles. The van der Waals surface area contributed by atoms with Gasteiger partial charge in [0.05, 0.1) is 23.8 Å². The monoisotopic (exact) mass is 382 g/mol. The largest absolute Gasteiger partial charge is 0.865 e. The summed E-state index contributed by atoms with van der Waals surface area (Å²) in [6.45, 7) is 1.33. The SMILES string of the molecule is COc1cc([C@H]2NC(=O)NC(c3ccccc3)=C2C(C)=O)cc([N+](=O)[O-])c1[O-]. The molecule has 1 aliphatic rings. The summed E-state index contributed by atoms with van der Waals surface area (Å²) in [5.41, 5.74) is 0.604. The van der Waals surface area contributed by atoms with E-state index < -0.39 is 28.4 Å². The number of nitro benzene ring substituents is 1. The van der Waals surface area contributed by atoms with E-state index in [1.54, 1.807) is 30.3 Å². The van der Waals surface area contributed by atoms with E-state index >= 15 is 0 Å². The van der Waals surface area contributed by atoms with Crippen LogP contribution in [0.3, 0.4) is 0 Å². The van der Waals surface area contributed by atoms with Crippen molar-refractivity contribution in [3.63, 3.8) is 0 Å². The molecule has 2 amide bonds. The topological polar surface area (TPSA) is 134 Å². The zero-order chi connectivity index (χ0) is 20.4. The van der Waals surface area contributed by atoms with Crippen LogP contribution < -0.4 is 20.5 Å². The molecule has 1 aliphatic heterocycles. The van der Waals surface area contributed by atoms with E-state index in [4.69, 9.17) is 4.74 Å². The van der Waals surface area contributed by atoms with Crippen LogP contribution >= 0.6 is 0 Å². The molecular formula is C19H16N3O6-. The van der Waals surface area contributed by atoms with Gasteiger partial charge in [0.1, 0.15) is 5.75 Å². The summed E-state index contributed by atoms with van der Waals surface area (Å²) >= 11 is 0. The van der Waals surface area contributed by atoms with Crippen molar-refractivity contribution in [1.82, 2.24) is 10.6 Å². The Morgan fingerprint density at radius 2 is 1.89 bits per heavy atom. The molecule has 28 heavy (non-hydrogen) atoms. The number of carbonyl (C=O) groups is 2. The predicted molar refractivity (Wildman–Crippen MR) is 97.5 cm³/mol. The first kappa shape index (κ1) is 18.9. The van der Waals surface area contributed by atoms with Gasteiger partial charge in [-0.15, -0.1) is 0 Å². The van der Waals surface area contributed by atoms with E-state index in [0.717, 1.165) is 6.07 Å². The van der Waals surface area contributed by atoms with Gasteiger partial charge in [-0.05, 0) is 24.1 Å². The predicted octanol–water partition coefficient (Wildman–Crippen LogP) is 2.03. The average Bonchev–Trinajstić information content (AvgIpc) is 2.67. The van der Waals surface area contributed by atoms with Crippen LogP contribution in [0.15, 0.2) is 48.0 Å². The lowest BCUT2D eigenvalue weighted by Crippen LogP contribution is -2.44. The standard InChI is InChI=1S/C19H17N3O6/c1-10(23)15-16(11-6-4-3-5-7-11)20-19(25)21-17(15)12-8-13(22(26)27)18(24)14(9-12)28-2/h3-9,17,24H,1-2H3,(H2,20,21,25)/p-1/t17-/m1/s1. The molecule has 0 aromatic heterocycles. The Morgan fingerprint density at radius 3 is 2.46 bits per heavy atom. The average molecular weight is 382 g/mol. The molecule has 9 nitrogen and oxygen atoms in total. The third-order valence-electron chi connectivity index (χ3n) is 4.32. The maximum atomic E-state index is 12.4. The molecule has 0 bridgehead atoms. The fourth-order valence-electron chi connectivity index (χ4n) is 3.09. The van der Waals surface area contributed by atoms with E-state index in [1.165, 1.54) is 20.1 Å². The van der Waals surface area contributed by atoms with Crippen LogP contribution in [-0.2, 0) is 4.79 Å². The maximum Gasteiger partial charge on any atom is 0.320 e. The number of urea groups is 1. The molecule has 0 saturated carbocycles. The Balaban J connectivity index is 2.25. The minimum Gasteiger partial charge on any atom is -0.865 e.